The summed E-state index contributed by atoms with van der Waals surface area (Å²) in [6.45, 7) is 1.24. The molecule has 0 saturated carbocycles. The second-order valence-electron chi connectivity index (χ2n) is 4.13. The highest BCUT2D eigenvalue weighted by Crippen LogP contribution is 2.25. The molecule has 5 heteroatoms. The van der Waals surface area contributed by atoms with Crippen LogP contribution in [0.1, 0.15) is 6.42 Å². The molecule has 1 fully saturated rings. The van der Waals surface area contributed by atoms with Crippen LogP contribution in [0, 0.1) is 5.92 Å². The fraction of sp³-hybridized carbons (Fsp3) is 0.417. The minimum atomic E-state index is -0.433. The average molecular weight is 255 g/mol. The van der Waals surface area contributed by atoms with Gasteiger partial charge >= 0.3 is 0 Å². The summed E-state index contributed by atoms with van der Waals surface area (Å²) in [4.78, 5) is 11.5. The Bertz CT molecular complexity index is 405. The van der Waals surface area contributed by atoms with Crippen molar-refractivity contribution in [3.05, 3.63) is 29.3 Å². The van der Waals surface area contributed by atoms with Crippen molar-refractivity contribution in [1.82, 2.24) is 0 Å². The molecule has 0 radical (unpaired) electrons. The molecule has 92 valence electrons. The predicted molar refractivity (Wildman–Crippen MR) is 67.0 cm³/mol. The molecule has 4 nitrogen and oxygen atoms in total. The van der Waals surface area contributed by atoms with E-state index in [1.165, 1.54) is 0 Å². The molecule has 0 spiro atoms. The summed E-state index contributed by atoms with van der Waals surface area (Å²) in [6.07, 6.45) is 0.838. The lowest BCUT2D eigenvalue weighted by Crippen LogP contribution is -2.42. The summed E-state index contributed by atoms with van der Waals surface area (Å²) in [5.74, 6) is -0.260. The van der Waals surface area contributed by atoms with E-state index in [0.717, 1.165) is 12.1 Å². The maximum absolute atomic E-state index is 11.5. The molecule has 2 unspecified atom stereocenters. The van der Waals surface area contributed by atoms with E-state index in [2.05, 4.69) is 5.32 Å². The normalized spacial score (nSPS) is 21.1. The molecule has 1 heterocycles. The third-order valence-corrected chi connectivity index (χ3v) is 3.26. The van der Waals surface area contributed by atoms with Gasteiger partial charge in [0.25, 0.3) is 0 Å². The molecule has 2 atom stereocenters. The number of amides is 1. The van der Waals surface area contributed by atoms with Crippen LogP contribution in [-0.4, -0.2) is 25.2 Å². The van der Waals surface area contributed by atoms with Gasteiger partial charge in [-0.1, -0.05) is 23.7 Å². The highest BCUT2D eigenvalue weighted by Gasteiger charge is 2.30. The Hall–Kier alpha value is -1.26. The lowest BCUT2D eigenvalue weighted by molar-refractivity contribution is -0.119. The van der Waals surface area contributed by atoms with E-state index in [1.807, 2.05) is 18.2 Å². The van der Waals surface area contributed by atoms with Crippen LogP contribution in [-0.2, 0) is 9.53 Å². The van der Waals surface area contributed by atoms with E-state index in [-0.39, 0.29) is 11.8 Å². The Morgan fingerprint density at radius 1 is 1.53 bits per heavy atom. The Kier molecular flexibility index (Phi) is 3.86. The predicted octanol–water partition coefficient (Wildman–Crippen LogP) is 1.64. The van der Waals surface area contributed by atoms with Crippen LogP contribution in [0.3, 0.4) is 0 Å². The number of nitrogens with one attached hydrogen (secondary N) is 1. The maximum atomic E-state index is 11.5. The van der Waals surface area contributed by atoms with Crippen molar-refractivity contribution in [1.29, 1.82) is 0 Å². The van der Waals surface area contributed by atoms with Crippen LogP contribution in [0.2, 0.25) is 5.02 Å². The molecule has 0 aliphatic carbocycles. The van der Waals surface area contributed by atoms with Gasteiger partial charge in [-0.15, -0.1) is 0 Å². The van der Waals surface area contributed by atoms with Crippen molar-refractivity contribution >= 4 is 23.2 Å². The van der Waals surface area contributed by atoms with Gasteiger partial charge in [0, 0.05) is 12.5 Å². The molecule has 1 aromatic rings. The molecule has 0 aromatic heterocycles. The molecule has 1 aliphatic rings. The minimum absolute atomic E-state index is 0.115. The first-order valence-corrected chi connectivity index (χ1v) is 5.94. The highest BCUT2D eigenvalue weighted by atomic mass is 35.5. The number of benzene rings is 1. The molecule has 3 N–H and O–H groups in total. The lowest BCUT2D eigenvalue weighted by Gasteiger charge is -2.22. The maximum Gasteiger partial charge on any atom is 0.240 e. The summed E-state index contributed by atoms with van der Waals surface area (Å²) in [5.41, 5.74) is 6.14. The van der Waals surface area contributed by atoms with E-state index in [0.29, 0.717) is 18.2 Å². The quantitative estimate of drug-likeness (QED) is 0.859. The van der Waals surface area contributed by atoms with Crippen LogP contribution in [0.25, 0.3) is 0 Å². The number of primary amides is 1. The average Bonchev–Trinajstić information content (AvgIpc) is 2.81. The van der Waals surface area contributed by atoms with Crippen LogP contribution >= 0.6 is 11.6 Å². The zero-order valence-corrected chi connectivity index (χ0v) is 10.1. The van der Waals surface area contributed by atoms with Crippen LogP contribution in [0.15, 0.2) is 24.3 Å². The van der Waals surface area contributed by atoms with E-state index >= 15 is 0 Å². The first-order valence-electron chi connectivity index (χ1n) is 5.56. The van der Waals surface area contributed by atoms with Crippen molar-refractivity contribution in [2.75, 3.05) is 18.5 Å². The number of hydrogen-bond donors (Lipinski definition) is 2. The van der Waals surface area contributed by atoms with Crippen molar-refractivity contribution in [2.45, 2.75) is 12.5 Å². The number of rotatable bonds is 4. The number of halogens is 1. The Morgan fingerprint density at radius 3 is 2.88 bits per heavy atom. The highest BCUT2D eigenvalue weighted by molar-refractivity contribution is 6.33. The second-order valence-corrected chi connectivity index (χ2v) is 4.54. The summed E-state index contributed by atoms with van der Waals surface area (Å²) in [7, 11) is 0. The number of nitrogens with two attached hydrogens (primary N) is 1. The van der Waals surface area contributed by atoms with Crippen molar-refractivity contribution in [3.63, 3.8) is 0 Å². The van der Waals surface area contributed by atoms with Crippen LogP contribution in [0.4, 0.5) is 5.69 Å². The molecular weight excluding hydrogens is 240 g/mol. The number of hydrogen-bond acceptors (Lipinski definition) is 3. The monoisotopic (exact) mass is 254 g/mol. The fourth-order valence-corrected chi connectivity index (χ4v) is 2.17. The molecule has 1 saturated heterocycles. The number of ether oxygens (including phenoxy) is 1. The van der Waals surface area contributed by atoms with Crippen molar-refractivity contribution < 1.29 is 9.53 Å². The topological polar surface area (TPSA) is 64.4 Å². The molecular formula is C12H15ClN2O2. The first-order chi connectivity index (χ1) is 8.18. The molecule has 1 aromatic carbocycles. The fourth-order valence-electron chi connectivity index (χ4n) is 1.98. The molecule has 1 aliphatic heterocycles. The number of carbonyl (C=O) groups excluding carboxylic acids is 1. The Labute approximate surface area is 105 Å². The zero-order chi connectivity index (χ0) is 12.3. The van der Waals surface area contributed by atoms with Gasteiger partial charge in [0.2, 0.25) is 5.91 Å². The summed E-state index contributed by atoms with van der Waals surface area (Å²) in [5, 5.41) is 3.68. The largest absolute Gasteiger partial charge is 0.381 e. The van der Waals surface area contributed by atoms with Gasteiger partial charge in [-0.3, -0.25) is 4.79 Å². The minimum Gasteiger partial charge on any atom is -0.381 e. The van der Waals surface area contributed by atoms with Gasteiger partial charge < -0.3 is 15.8 Å². The van der Waals surface area contributed by atoms with Gasteiger partial charge in [0.15, 0.2) is 0 Å². The van der Waals surface area contributed by atoms with Gasteiger partial charge in [-0.2, -0.15) is 0 Å². The summed E-state index contributed by atoms with van der Waals surface area (Å²) >= 11 is 6.03. The third kappa shape index (κ3) is 2.90. The molecule has 17 heavy (non-hydrogen) atoms. The Morgan fingerprint density at radius 2 is 2.29 bits per heavy atom. The zero-order valence-electron chi connectivity index (χ0n) is 9.36. The van der Waals surface area contributed by atoms with E-state index in [1.54, 1.807) is 6.07 Å². The summed E-state index contributed by atoms with van der Waals surface area (Å²) < 4.78 is 5.28. The lowest BCUT2D eigenvalue weighted by atomic mass is 9.98. The summed E-state index contributed by atoms with van der Waals surface area (Å²) in [6, 6.07) is 6.86. The number of carbonyl (C=O) groups is 1. The van der Waals surface area contributed by atoms with Crippen molar-refractivity contribution in [3.8, 4) is 0 Å². The van der Waals surface area contributed by atoms with Crippen LogP contribution in [0.5, 0.6) is 0 Å². The third-order valence-electron chi connectivity index (χ3n) is 2.93. The SMILES string of the molecule is NC(=O)C(Nc1ccccc1Cl)C1CCOC1. The van der Waals surface area contributed by atoms with Gasteiger partial charge in [0.1, 0.15) is 6.04 Å². The van der Waals surface area contributed by atoms with E-state index in [9.17, 15) is 4.79 Å². The molecule has 1 amide bonds. The van der Waals surface area contributed by atoms with E-state index in [4.69, 9.17) is 22.1 Å². The van der Waals surface area contributed by atoms with Gasteiger partial charge in [0.05, 0.1) is 17.3 Å². The molecule has 2 rings (SSSR count). The smallest absolute Gasteiger partial charge is 0.240 e. The van der Waals surface area contributed by atoms with Crippen molar-refractivity contribution in [2.24, 2.45) is 11.7 Å². The molecule has 0 bridgehead atoms. The van der Waals surface area contributed by atoms with Gasteiger partial charge in [-0.25, -0.2) is 0 Å². The van der Waals surface area contributed by atoms with Gasteiger partial charge in [-0.05, 0) is 18.6 Å². The Balaban J connectivity index is 2.12. The first kappa shape index (κ1) is 12.2. The number of anilines is 1. The second kappa shape index (κ2) is 5.38. The standard InChI is InChI=1S/C12H15ClN2O2/c13-9-3-1-2-4-10(9)15-11(12(14)16)8-5-6-17-7-8/h1-4,8,11,15H,5-7H2,(H2,14,16). The number of para-hydroxylation sites is 1. The van der Waals surface area contributed by atoms with Crippen LogP contribution < -0.4 is 11.1 Å². The van der Waals surface area contributed by atoms with E-state index < -0.39 is 6.04 Å².